The smallest absolute Gasteiger partial charge is 0.0726 e. The molecule has 0 N–H and O–H groups in total. The molecule has 10 aromatic rings. The van der Waals surface area contributed by atoms with Crippen LogP contribution in [0, 0.1) is 5.92 Å². The van der Waals surface area contributed by atoms with Crippen LogP contribution in [-0.4, -0.2) is 6.04 Å². The maximum absolute atomic E-state index is 2.54. The van der Waals surface area contributed by atoms with E-state index in [1.807, 2.05) is 0 Å². The van der Waals surface area contributed by atoms with Crippen LogP contribution in [0.3, 0.4) is 0 Å². The van der Waals surface area contributed by atoms with Crippen LogP contribution in [0.5, 0.6) is 0 Å². The lowest BCUT2D eigenvalue weighted by atomic mass is 9.70. The first kappa shape index (κ1) is 42.2. The van der Waals surface area contributed by atoms with Crippen LogP contribution in [-0.2, 0) is 5.41 Å². The van der Waals surface area contributed by atoms with E-state index in [-0.39, 0.29) is 6.04 Å². The third-order valence-electron chi connectivity index (χ3n) is 14.9. The molecule has 0 saturated heterocycles. The van der Waals surface area contributed by atoms with Crippen molar-refractivity contribution in [2.24, 2.45) is 5.92 Å². The molecule has 0 amide bonds. The highest BCUT2D eigenvalue weighted by Crippen LogP contribution is 2.65. The first-order valence-corrected chi connectivity index (χ1v) is 24.8. The molecule has 3 aliphatic carbocycles. The Hall–Kier alpha value is -8.92. The minimum Gasteiger partial charge on any atom is -0.334 e. The molecule has 0 heterocycles. The summed E-state index contributed by atoms with van der Waals surface area (Å²) in [6, 6.07) is 94.0. The summed E-state index contributed by atoms with van der Waals surface area (Å²) in [7, 11) is 0. The molecule has 3 unspecified atom stereocenters. The zero-order chi connectivity index (χ0) is 47.3. The first-order chi connectivity index (χ1) is 35.1. The molecule has 71 heavy (non-hydrogen) atoms. The zero-order valence-electron chi connectivity index (χ0n) is 39.6. The average molecular weight is 910 g/mol. The lowest BCUT2D eigenvalue weighted by Crippen LogP contribution is -2.35. The predicted molar refractivity (Wildman–Crippen MR) is 297 cm³/mol. The van der Waals surface area contributed by atoms with Crippen molar-refractivity contribution in [3.05, 3.63) is 301 Å². The van der Waals surface area contributed by atoms with Gasteiger partial charge in [-0.05, 0) is 165 Å². The molecule has 0 aromatic heterocycles. The number of anilines is 8. The number of hydrogen-bond donors (Lipinski definition) is 0. The van der Waals surface area contributed by atoms with Crippen molar-refractivity contribution in [3.63, 3.8) is 0 Å². The minimum absolute atomic E-state index is 0.124. The van der Waals surface area contributed by atoms with Gasteiger partial charge in [0.05, 0.1) is 11.5 Å². The van der Waals surface area contributed by atoms with Gasteiger partial charge in [0.15, 0.2) is 0 Å². The van der Waals surface area contributed by atoms with Crippen molar-refractivity contribution >= 4 is 45.5 Å². The lowest BCUT2D eigenvalue weighted by Gasteiger charge is -2.36. The Morgan fingerprint density at radius 1 is 0.296 bits per heavy atom. The van der Waals surface area contributed by atoms with Crippen molar-refractivity contribution in [2.45, 2.75) is 18.4 Å². The standard InChI is InChI=1S/C68H51N3/c1-48-22-20-21-35-67(48)71(55-33-18-7-19-34-55)57-39-43-64-62(46-57)61-45-56(69(51-25-10-3-11-26-51)52-27-12-4-13-28-52)38-42-63(61)68(64)65-44-50(49-23-8-2-9-24-49)36-40-59(65)60-41-37-58(47-66(60)68)70(53-29-14-5-15-30-53)54-31-16-6-17-32-54/h2-48,67H,1H3. The van der Waals surface area contributed by atoms with Gasteiger partial charge in [-0.25, -0.2) is 0 Å². The number of hydrogen-bond acceptors (Lipinski definition) is 3. The van der Waals surface area contributed by atoms with Gasteiger partial charge < -0.3 is 14.7 Å². The highest BCUT2D eigenvalue weighted by molar-refractivity contribution is 5.99. The van der Waals surface area contributed by atoms with Gasteiger partial charge in [0.1, 0.15) is 0 Å². The number of nitrogens with zero attached hydrogens (tertiary/aromatic N) is 3. The van der Waals surface area contributed by atoms with Crippen molar-refractivity contribution < 1.29 is 0 Å². The second-order valence-corrected chi connectivity index (χ2v) is 18.9. The SMILES string of the molecule is CC1C=CC=CC1N(c1ccccc1)c1ccc2c(c1)-c1cc(N(c3ccccc3)c3ccccc3)ccc1C21c2cc(-c3ccccc3)ccc2-c2ccc(N(c3ccccc3)c3ccccc3)cc21. The molecule has 0 bridgehead atoms. The largest absolute Gasteiger partial charge is 0.334 e. The second-order valence-electron chi connectivity index (χ2n) is 18.9. The Morgan fingerprint density at radius 3 is 1.23 bits per heavy atom. The fourth-order valence-corrected chi connectivity index (χ4v) is 11.8. The van der Waals surface area contributed by atoms with Crippen molar-refractivity contribution in [1.82, 2.24) is 0 Å². The van der Waals surface area contributed by atoms with E-state index in [0.29, 0.717) is 5.92 Å². The summed E-state index contributed by atoms with van der Waals surface area (Å²) in [5.41, 5.74) is 20.9. The maximum Gasteiger partial charge on any atom is 0.0726 e. The summed E-state index contributed by atoms with van der Waals surface area (Å²) >= 11 is 0. The maximum atomic E-state index is 2.54. The van der Waals surface area contributed by atoms with Gasteiger partial charge in [0.2, 0.25) is 0 Å². The molecule has 0 aliphatic heterocycles. The Morgan fingerprint density at radius 2 is 0.704 bits per heavy atom. The van der Waals surface area contributed by atoms with E-state index in [0.717, 1.165) is 39.8 Å². The second kappa shape index (κ2) is 17.6. The van der Waals surface area contributed by atoms with Crippen LogP contribution in [0.2, 0.25) is 0 Å². The summed E-state index contributed by atoms with van der Waals surface area (Å²) in [5, 5.41) is 0. The molecule has 3 atom stereocenters. The summed E-state index contributed by atoms with van der Waals surface area (Å²) in [4.78, 5) is 7.34. The Balaban J connectivity index is 1.11. The van der Waals surface area contributed by atoms with E-state index >= 15 is 0 Å². The molecule has 3 aliphatic rings. The summed E-state index contributed by atoms with van der Waals surface area (Å²) in [6.45, 7) is 2.33. The molecule has 10 aromatic carbocycles. The number of benzene rings is 10. The number of rotatable bonds is 10. The molecule has 1 spiro atoms. The van der Waals surface area contributed by atoms with Gasteiger partial charge in [0, 0.05) is 45.5 Å². The Bertz CT molecular complexity index is 3530. The topological polar surface area (TPSA) is 9.72 Å². The van der Waals surface area contributed by atoms with Crippen LogP contribution < -0.4 is 14.7 Å². The molecule has 3 heteroatoms. The quantitative estimate of drug-likeness (QED) is 0.135. The van der Waals surface area contributed by atoms with E-state index in [1.54, 1.807) is 0 Å². The Labute approximate surface area is 417 Å². The summed E-state index contributed by atoms with van der Waals surface area (Å²) < 4.78 is 0. The summed E-state index contributed by atoms with van der Waals surface area (Å²) in [6.07, 6.45) is 9.07. The first-order valence-electron chi connectivity index (χ1n) is 24.8. The monoisotopic (exact) mass is 909 g/mol. The minimum atomic E-state index is -0.658. The molecule has 0 saturated carbocycles. The fourth-order valence-electron chi connectivity index (χ4n) is 11.8. The van der Waals surface area contributed by atoms with Gasteiger partial charge in [-0.2, -0.15) is 0 Å². The molecule has 338 valence electrons. The highest BCUT2D eigenvalue weighted by Gasteiger charge is 2.52. The molecule has 0 fully saturated rings. The number of fused-ring (bicyclic) bond motifs is 10. The zero-order valence-corrected chi connectivity index (χ0v) is 39.6. The molecule has 13 rings (SSSR count). The van der Waals surface area contributed by atoms with Gasteiger partial charge in [0.25, 0.3) is 0 Å². The van der Waals surface area contributed by atoms with Crippen molar-refractivity contribution in [3.8, 4) is 33.4 Å². The predicted octanol–water partition coefficient (Wildman–Crippen LogP) is 17.9. The number of allylic oxidation sites excluding steroid dienone is 2. The highest BCUT2D eigenvalue weighted by atomic mass is 15.2. The van der Waals surface area contributed by atoms with Crippen LogP contribution in [0.15, 0.2) is 279 Å². The average Bonchev–Trinajstić information content (AvgIpc) is 3.89. The van der Waals surface area contributed by atoms with Gasteiger partial charge in [-0.1, -0.05) is 183 Å². The van der Waals surface area contributed by atoms with Crippen LogP contribution in [0.1, 0.15) is 29.2 Å². The third-order valence-corrected chi connectivity index (χ3v) is 14.9. The van der Waals surface area contributed by atoms with Crippen LogP contribution in [0.25, 0.3) is 33.4 Å². The molecular weight excluding hydrogens is 859 g/mol. The number of para-hydroxylation sites is 5. The van der Waals surface area contributed by atoms with E-state index in [2.05, 4.69) is 301 Å². The van der Waals surface area contributed by atoms with Gasteiger partial charge in [-0.15, -0.1) is 0 Å². The lowest BCUT2D eigenvalue weighted by molar-refractivity contribution is 0.609. The van der Waals surface area contributed by atoms with Crippen LogP contribution >= 0.6 is 0 Å². The van der Waals surface area contributed by atoms with Crippen LogP contribution in [0.4, 0.5) is 45.5 Å². The van der Waals surface area contributed by atoms with Crippen molar-refractivity contribution in [1.29, 1.82) is 0 Å². The molecule has 0 radical (unpaired) electrons. The van der Waals surface area contributed by atoms with Gasteiger partial charge >= 0.3 is 0 Å². The molecule has 3 nitrogen and oxygen atoms in total. The Kier molecular flexibility index (Phi) is 10.4. The van der Waals surface area contributed by atoms with Crippen molar-refractivity contribution in [2.75, 3.05) is 14.7 Å². The molecular formula is C68H51N3. The third kappa shape index (κ3) is 7.04. The summed E-state index contributed by atoms with van der Waals surface area (Å²) in [5.74, 6) is 0.296. The normalized spacial score (nSPS) is 16.7. The fraction of sp³-hybridized carbons (Fsp3) is 0.0588. The van der Waals surface area contributed by atoms with E-state index < -0.39 is 5.41 Å². The van der Waals surface area contributed by atoms with E-state index in [4.69, 9.17) is 0 Å². The van der Waals surface area contributed by atoms with Gasteiger partial charge in [-0.3, -0.25) is 0 Å². The van der Waals surface area contributed by atoms with E-state index in [9.17, 15) is 0 Å². The van der Waals surface area contributed by atoms with E-state index in [1.165, 1.54) is 61.3 Å².